The van der Waals surface area contributed by atoms with Crippen molar-refractivity contribution >= 4 is 15.6 Å². The molecule has 4 rings (SSSR count). The molecule has 0 radical (unpaired) electrons. The van der Waals surface area contributed by atoms with Crippen molar-refractivity contribution in [1.82, 2.24) is 14.4 Å². The van der Waals surface area contributed by atoms with Crippen molar-refractivity contribution in [1.29, 1.82) is 0 Å². The van der Waals surface area contributed by atoms with Gasteiger partial charge in [-0.25, -0.2) is 0 Å². The molecule has 2 aliphatic rings. The van der Waals surface area contributed by atoms with Gasteiger partial charge in [-0.05, 0) is 68.7 Å². The van der Waals surface area contributed by atoms with Gasteiger partial charge in [-0.1, -0.05) is 34.6 Å². The third-order valence-electron chi connectivity index (χ3n) is 4.80. The van der Waals surface area contributed by atoms with Gasteiger partial charge in [0.15, 0.2) is 0 Å². The second-order valence-corrected chi connectivity index (χ2v) is 8.56. The first-order valence-corrected chi connectivity index (χ1v) is 10.1. The fourth-order valence-electron chi connectivity index (χ4n) is 3.25. The zero-order valence-electron chi connectivity index (χ0n) is 14.3. The van der Waals surface area contributed by atoms with Gasteiger partial charge >= 0.3 is 0 Å². The summed E-state index contributed by atoms with van der Waals surface area (Å²) in [5, 5.41) is 7.83. The zero-order valence-corrected chi connectivity index (χ0v) is 15.1. The molecule has 25 heavy (non-hydrogen) atoms. The Morgan fingerprint density at radius 2 is 1.76 bits per heavy atom. The summed E-state index contributed by atoms with van der Waals surface area (Å²) in [6.07, 6.45) is 10.2. The molecule has 1 aromatic carbocycles. The molecule has 0 N–H and O–H groups in total. The molecular weight excluding hydrogens is 334 g/mol. The Balaban J connectivity index is 1.81. The van der Waals surface area contributed by atoms with Crippen LogP contribution in [0, 0.1) is 6.92 Å². The van der Waals surface area contributed by atoms with Crippen molar-refractivity contribution < 1.29 is 8.42 Å². The molecule has 1 aromatic heterocycles. The molecule has 0 amide bonds. The van der Waals surface area contributed by atoms with Crippen LogP contribution in [0.2, 0.25) is 0 Å². The highest BCUT2D eigenvalue weighted by atomic mass is 32.2. The van der Waals surface area contributed by atoms with Crippen LogP contribution in [-0.2, 0) is 10.0 Å². The number of hydrogen-bond acceptors (Lipinski definition) is 4. The second kappa shape index (κ2) is 6.26. The summed E-state index contributed by atoms with van der Waals surface area (Å²) < 4.78 is 27.2. The van der Waals surface area contributed by atoms with Crippen molar-refractivity contribution in [3.63, 3.8) is 0 Å². The topological polar surface area (TPSA) is 64.8 Å². The molecule has 0 spiro atoms. The first-order chi connectivity index (χ1) is 12.1. The van der Waals surface area contributed by atoms with Gasteiger partial charge in [-0.15, -0.1) is 9.19 Å². The highest BCUT2D eigenvalue weighted by molar-refractivity contribution is 7.89. The summed E-state index contributed by atoms with van der Waals surface area (Å²) in [5.41, 5.74) is 5.40. The maximum atomic E-state index is 13.0. The molecule has 0 bridgehead atoms. The van der Waals surface area contributed by atoms with E-state index >= 15 is 0 Å². The molecule has 1 heterocycles. The number of hydrogen-bond donors (Lipinski definition) is 0. The number of aromatic nitrogens is 3. The van der Waals surface area contributed by atoms with Gasteiger partial charge in [0.05, 0.1) is 11.1 Å². The van der Waals surface area contributed by atoms with Gasteiger partial charge in [0.1, 0.15) is 5.69 Å². The lowest BCUT2D eigenvalue weighted by atomic mass is 9.89. The summed E-state index contributed by atoms with van der Waals surface area (Å²) in [6.45, 7) is 1.93. The van der Waals surface area contributed by atoms with E-state index in [-0.39, 0.29) is 4.90 Å². The Labute approximate surface area is 148 Å². The van der Waals surface area contributed by atoms with Crippen LogP contribution < -0.4 is 0 Å². The van der Waals surface area contributed by atoms with Crippen LogP contribution >= 0.6 is 0 Å². The molecule has 2 aromatic rings. The third kappa shape index (κ3) is 3.18. The van der Waals surface area contributed by atoms with E-state index in [4.69, 9.17) is 0 Å². The van der Waals surface area contributed by atoms with Crippen LogP contribution in [0.3, 0.4) is 0 Å². The zero-order chi connectivity index (χ0) is 17.4. The fourth-order valence-corrected chi connectivity index (χ4v) is 4.48. The summed E-state index contributed by atoms with van der Waals surface area (Å²) in [4.78, 5) is 0.239. The van der Waals surface area contributed by atoms with Gasteiger partial charge in [-0.3, -0.25) is 0 Å². The average Bonchev–Trinajstić information content (AvgIpc) is 3.27. The Bertz CT molecular complexity index is 960. The van der Waals surface area contributed by atoms with Crippen molar-refractivity contribution in [2.75, 3.05) is 0 Å². The number of nitrogens with zero attached hydrogens (tertiary/aromatic N) is 3. The van der Waals surface area contributed by atoms with E-state index in [0.29, 0.717) is 5.69 Å². The van der Waals surface area contributed by atoms with E-state index < -0.39 is 10.0 Å². The Hall–Kier alpha value is -2.21. The number of allylic oxidation sites excluding steroid dienone is 4. The summed E-state index contributed by atoms with van der Waals surface area (Å²) in [6, 6.07) is 6.84. The van der Waals surface area contributed by atoms with Crippen LogP contribution in [0.4, 0.5) is 0 Å². The van der Waals surface area contributed by atoms with Crippen LogP contribution in [-0.4, -0.2) is 22.8 Å². The minimum absolute atomic E-state index is 0.239. The van der Waals surface area contributed by atoms with Gasteiger partial charge in [0.2, 0.25) is 0 Å². The molecule has 2 aliphatic carbocycles. The maximum absolute atomic E-state index is 13.0. The average molecular weight is 355 g/mol. The Morgan fingerprint density at radius 1 is 1.04 bits per heavy atom. The van der Waals surface area contributed by atoms with Crippen molar-refractivity contribution in [3.8, 4) is 0 Å². The van der Waals surface area contributed by atoms with Crippen LogP contribution in [0.15, 0.2) is 52.6 Å². The summed E-state index contributed by atoms with van der Waals surface area (Å²) in [5.74, 6) is 0. The summed E-state index contributed by atoms with van der Waals surface area (Å²) in [7, 11) is -3.74. The highest BCUT2D eigenvalue weighted by Crippen LogP contribution is 2.37. The molecule has 0 atom stereocenters. The normalized spacial score (nSPS) is 17.7. The predicted molar refractivity (Wildman–Crippen MR) is 96.5 cm³/mol. The quantitative estimate of drug-likeness (QED) is 0.835. The second-order valence-electron chi connectivity index (χ2n) is 6.79. The smallest absolute Gasteiger partial charge is 0.199 e. The van der Waals surface area contributed by atoms with Crippen LogP contribution in [0.5, 0.6) is 0 Å². The highest BCUT2D eigenvalue weighted by Gasteiger charge is 2.26. The first kappa shape index (κ1) is 16.3. The third-order valence-corrected chi connectivity index (χ3v) is 6.40. The number of benzene rings is 1. The molecule has 5 nitrogen and oxygen atoms in total. The van der Waals surface area contributed by atoms with Crippen LogP contribution in [0.25, 0.3) is 5.57 Å². The van der Waals surface area contributed by atoms with Crippen LogP contribution in [0.1, 0.15) is 49.8 Å². The maximum Gasteiger partial charge on any atom is 0.284 e. The largest absolute Gasteiger partial charge is 0.284 e. The molecule has 1 fully saturated rings. The molecule has 130 valence electrons. The van der Waals surface area contributed by atoms with E-state index in [0.717, 1.165) is 53.7 Å². The van der Waals surface area contributed by atoms with Gasteiger partial charge in [0, 0.05) is 0 Å². The molecule has 6 heteroatoms. The van der Waals surface area contributed by atoms with Gasteiger partial charge in [-0.2, -0.15) is 8.42 Å². The molecule has 1 saturated carbocycles. The molecular formula is C19H21N3O2S. The van der Waals surface area contributed by atoms with E-state index in [1.54, 1.807) is 30.5 Å². The molecule has 0 saturated heterocycles. The predicted octanol–water partition coefficient (Wildman–Crippen LogP) is 3.87. The van der Waals surface area contributed by atoms with Gasteiger partial charge < -0.3 is 0 Å². The number of rotatable bonds is 4. The molecule has 0 aliphatic heterocycles. The lowest BCUT2D eigenvalue weighted by Crippen LogP contribution is -2.18. The SMILES string of the molecule is Cc1ccc(S(=O)(=O)n2nncc2C2=C(C=C3CC3)CCCC2)cc1. The van der Waals surface area contributed by atoms with E-state index in [2.05, 4.69) is 16.4 Å². The monoisotopic (exact) mass is 355 g/mol. The lowest BCUT2D eigenvalue weighted by molar-refractivity contribution is 0.576. The van der Waals surface area contributed by atoms with E-state index in [1.807, 2.05) is 6.92 Å². The first-order valence-electron chi connectivity index (χ1n) is 8.70. The minimum Gasteiger partial charge on any atom is -0.199 e. The standard InChI is InChI=1S/C19H21N3O2S/c1-14-6-10-17(11-7-14)25(23,24)22-19(13-20-21-22)18-5-3-2-4-16(18)12-15-8-9-15/h6-7,10-13H,2-5,8-9H2,1H3. The Kier molecular flexibility index (Phi) is 4.07. The molecule has 0 unspecified atom stereocenters. The number of aryl methyl sites for hydroxylation is 1. The van der Waals surface area contributed by atoms with E-state index in [9.17, 15) is 8.42 Å². The fraction of sp³-hybridized carbons (Fsp3) is 0.368. The van der Waals surface area contributed by atoms with Crippen molar-refractivity contribution in [2.24, 2.45) is 0 Å². The van der Waals surface area contributed by atoms with Crippen molar-refractivity contribution in [2.45, 2.75) is 50.3 Å². The van der Waals surface area contributed by atoms with E-state index in [1.165, 1.54) is 11.1 Å². The summed E-state index contributed by atoms with van der Waals surface area (Å²) >= 11 is 0. The minimum atomic E-state index is -3.74. The van der Waals surface area contributed by atoms with Crippen molar-refractivity contribution in [3.05, 3.63) is 58.9 Å². The lowest BCUT2D eigenvalue weighted by Gasteiger charge is -2.18. The van der Waals surface area contributed by atoms with Gasteiger partial charge in [0.25, 0.3) is 10.0 Å². The Morgan fingerprint density at radius 3 is 2.48 bits per heavy atom.